The van der Waals surface area contributed by atoms with Crippen molar-refractivity contribution >= 4 is 5.97 Å². The van der Waals surface area contributed by atoms with Gasteiger partial charge in [-0.15, -0.1) is 0 Å². The van der Waals surface area contributed by atoms with E-state index in [1.54, 1.807) is 0 Å². The van der Waals surface area contributed by atoms with Crippen molar-refractivity contribution in [1.29, 1.82) is 0 Å². The molecule has 0 spiro atoms. The molecule has 1 aromatic rings. The summed E-state index contributed by atoms with van der Waals surface area (Å²) in [5.41, 5.74) is 2.79. The van der Waals surface area contributed by atoms with Crippen LogP contribution >= 0.6 is 0 Å². The van der Waals surface area contributed by atoms with E-state index in [-0.39, 0.29) is 12.4 Å². The van der Waals surface area contributed by atoms with Crippen molar-refractivity contribution < 1.29 is 19.4 Å². The first-order valence-corrected chi connectivity index (χ1v) is 6.48. The molecule has 0 aliphatic rings. The third-order valence-corrected chi connectivity index (χ3v) is 3.07. The minimum atomic E-state index is -0.659. The first-order valence-electron chi connectivity index (χ1n) is 6.48. The monoisotopic (exact) mass is 266 g/mol. The SMILES string of the molecule is CCOc1cc(C)c(C(O)CCC(=O)OC)cc1C. The number of hydrogen-bond donors (Lipinski definition) is 1. The number of carbonyl (C=O) groups excluding carboxylic acids is 1. The van der Waals surface area contributed by atoms with Crippen LogP contribution in [0.5, 0.6) is 5.75 Å². The molecule has 0 fully saturated rings. The third-order valence-electron chi connectivity index (χ3n) is 3.07. The Morgan fingerprint density at radius 3 is 2.58 bits per heavy atom. The van der Waals surface area contributed by atoms with Gasteiger partial charge >= 0.3 is 5.97 Å². The highest BCUT2D eigenvalue weighted by molar-refractivity contribution is 5.69. The van der Waals surface area contributed by atoms with Crippen molar-refractivity contribution in [2.24, 2.45) is 0 Å². The largest absolute Gasteiger partial charge is 0.494 e. The molecule has 0 aliphatic carbocycles. The van der Waals surface area contributed by atoms with Crippen LogP contribution in [0, 0.1) is 13.8 Å². The Labute approximate surface area is 114 Å². The van der Waals surface area contributed by atoms with E-state index in [4.69, 9.17) is 4.74 Å². The second-order valence-corrected chi connectivity index (χ2v) is 4.54. The molecular weight excluding hydrogens is 244 g/mol. The average Bonchev–Trinajstić information content (AvgIpc) is 2.39. The summed E-state index contributed by atoms with van der Waals surface area (Å²) < 4.78 is 10.1. The maximum absolute atomic E-state index is 11.1. The van der Waals surface area contributed by atoms with Crippen LogP contribution in [0.15, 0.2) is 12.1 Å². The van der Waals surface area contributed by atoms with Gasteiger partial charge in [-0.1, -0.05) is 0 Å². The topological polar surface area (TPSA) is 55.8 Å². The fraction of sp³-hybridized carbons (Fsp3) is 0.533. The highest BCUT2D eigenvalue weighted by atomic mass is 16.5. The molecule has 1 N–H and O–H groups in total. The number of aryl methyl sites for hydroxylation is 2. The van der Waals surface area contributed by atoms with Crippen LogP contribution in [0.1, 0.15) is 42.6 Å². The maximum Gasteiger partial charge on any atom is 0.305 e. The van der Waals surface area contributed by atoms with Gasteiger partial charge in [0.15, 0.2) is 0 Å². The molecule has 0 saturated carbocycles. The fourth-order valence-electron chi connectivity index (χ4n) is 1.99. The van der Waals surface area contributed by atoms with E-state index in [1.807, 2.05) is 32.9 Å². The number of aliphatic hydroxyl groups is 1. The zero-order valence-electron chi connectivity index (χ0n) is 12.0. The van der Waals surface area contributed by atoms with Gasteiger partial charge in [0.25, 0.3) is 0 Å². The normalized spacial score (nSPS) is 12.1. The Morgan fingerprint density at radius 2 is 2.00 bits per heavy atom. The second-order valence-electron chi connectivity index (χ2n) is 4.54. The highest BCUT2D eigenvalue weighted by Crippen LogP contribution is 2.28. The molecule has 0 radical (unpaired) electrons. The summed E-state index contributed by atoms with van der Waals surface area (Å²) in [7, 11) is 1.35. The predicted molar refractivity (Wildman–Crippen MR) is 73.3 cm³/mol. The molecule has 0 bridgehead atoms. The first kappa shape index (κ1) is 15.5. The van der Waals surface area contributed by atoms with Gasteiger partial charge in [-0.05, 0) is 56.0 Å². The Morgan fingerprint density at radius 1 is 1.32 bits per heavy atom. The zero-order valence-corrected chi connectivity index (χ0v) is 12.0. The molecule has 1 rings (SSSR count). The Balaban J connectivity index is 2.82. The second kappa shape index (κ2) is 7.14. The Kier molecular flexibility index (Phi) is 5.83. The van der Waals surface area contributed by atoms with Gasteiger partial charge in [-0.2, -0.15) is 0 Å². The molecule has 4 heteroatoms. The molecule has 4 nitrogen and oxygen atoms in total. The molecule has 0 aromatic heterocycles. The van der Waals surface area contributed by atoms with Crippen molar-refractivity contribution in [2.45, 2.75) is 39.7 Å². The van der Waals surface area contributed by atoms with E-state index in [2.05, 4.69) is 4.74 Å². The van der Waals surface area contributed by atoms with E-state index in [9.17, 15) is 9.90 Å². The van der Waals surface area contributed by atoms with E-state index >= 15 is 0 Å². The van der Waals surface area contributed by atoms with Crippen LogP contribution in [0.4, 0.5) is 0 Å². The zero-order chi connectivity index (χ0) is 14.4. The van der Waals surface area contributed by atoms with E-state index in [1.165, 1.54) is 7.11 Å². The van der Waals surface area contributed by atoms with Crippen LogP contribution in [-0.2, 0) is 9.53 Å². The standard InChI is InChI=1S/C15H22O4/c1-5-19-14-9-10(2)12(8-11(14)3)13(16)6-7-15(17)18-4/h8-9,13,16H,5-7H2,1-4H3. The molecule has 0 aliphatic heterocycles. The van der Waals surface area contributed by atoms with Crippen molar-refractivity contribution in [2.75, 3.05) is 13.7 Å². The molecule has 1 aromatic carbocycles. The molecule has 0 amide bonds. The van der Waals surface area contributed by atoms with Crippen molar-refractivity contribution in [3.8, 4) is 5.75 Å². The summed E-state index contributed by atoms with van der Waals surface area (Å²) in [4.78, 5) is 11.1. The van der Waals surface area contributed by atoms with Crippen molar-refractivity contribution in [3.05, 3.63) is 28.8 Å². The lowest BCUT2D eigenvalue weighted by Gasteiger charge is -2.16. The summed E-state index contributed by atoms with van der Waals surface area (Å²) in [6, 6.07) is 3.85. The van der Waals surface area contributed by atoms with Gasteiger partial charge in [-0.3, -0.25) is 4.79 Å². The number of hydrogen-bond acceptors (Lipinski definition) is 4. The lowest BCUT2D eigenvalue weighted by Crippen LogP contribution is -2.07. The number of rotatable bonds is 6. The van der Waals surface area contributed by atoms with Gasteiger partial charge < -0.3 is 14.6 Å². The molecule has 0 saturated heterocycles. The van der Waals surface area contributed by atoms with Gasteiger partial charge in [0.1, 0.15) is 5.75 Å². The van der Waals surface area contributed by atoms with Gasteiger partial charge in [0.05, 0.1) is 19.8 Å². The minimum absolute atomic E-state index is 0.212. The van der Waals surface area contributed by atoms with E-state index in [0.29, 0.717) is 13.0 Å². The fourth-order valence-corrected chi connectivity index (χ4v) is 1.99. The summed E-state index contributed by atoms with van der Waals surface area (Å²) in [5, 5.41) is 10.1. The van der Waals surface area contributed by atoms with Crippen molar-refractivity contribution in [3.63, 3.8) is 0 Å². The molecule has 1 unspecified atom stereocenters. The Bertz CT molecular complexity index is 440. The number of aliphatic hydroxyl groups excluding tert-OH is 1. The average molecular weight is 266 g/mol. The minimum Gasteiger partial charge on any atom is -0.494 e. The van der Waals surface area contributed by atoms with Crippen LogP contribution in [0.2, 0.25) is 0 Å². The maximum atomic E-state index is 11.1. The van der Waals surface area contributed by atoms with Gasteiger partial charge in [-0.25, -0.2) is 0 Å². The number of esters is 1. The van der Waals surface area contributed by atoms with Crippen LogP contribution in [0.3, 0.4) is 0 Å². The number of carbonyl (C=O) groups is 1. The number of benzene rings is 1. The van der Waals surface area contributed by atoms with Crippen LogP contribution < -0.4 is 4.74 Å². The summed E-state index contributed by atoms with van der Waals surface area (Å²) in [5.74, 6) is 0.531. The summed E-state index contributed by atoms with van der Waals surface area (Å²) >= 11 is 0. The van der Waals surface area contributed by atoms with Crippen LogP contribution in [0.25, 0.3) is 0 Å². The third kappa shape index (κ3) is 4.24. The lowest BCUT2D eigenvalue weighted by atomic mass is 9.97. The van der Waals surface area contributed by atoms with Crippen LogP contribution in [-0.4, -0.2) is 24.8 Å². The van der Waals surface area contributed by atoms with Crippen molar-refractivity contribution in [1.82, 2.24) is 0 Å². The summed E-state index contributed by atoms with van der Waals surface area (Å²) in [6.07, 6.45) is -0.0851. The molecule has 0 heterocycles. The highest BCUT2D eigenvalue weighted by Gasteiger charge is 2.15. The molecule has 19 heavy (non-hydrogen) atoms. The van der Waals surface area contributed by atoms with E-state index < -0.39 is 6.10 Å². The molecule has 106 valence electrons. The number of ether oxygens (including phenoxy) is 2. The lowest BCUT2D eigenvalue weighted by molar-refractivity contribution is -0.141. The van der Waals surface area contributed by atoms with Gasteiger partial charge in [0.2, 0.25) is 0 Å². The predicted octanol–water partition coefficient (Wildman–Crippen LogP) is 2.69. The number of methoxy groups -OCH3 is 1. The van der Waals surface area contributed by atoms with Gasteiger partial charge in [0, 0.05) is 6.42 Å². The van der Waals surface area contributed by atoms with E-state index in [0.717, 1.165) is 22.4 Å². The Hall–Kier alpha value is -1.55. The first-order chi connectivity index (χ1) is 8.99. The summed E-state index contributed by atoms with van der Waals surface area (Å²) in [6.45, 7) is 6.43. The smallest absolute Gasteiger partial charge is 0.305 e. The molecular formula is C15H22O4. The quantitative estimate of drug-likeness (QED) is 0.804. The molecule has 1 atom stereocenters.